The summed E-state index contributed by atoms with van der Waals surface area (Å²) in [4.78, 5) is 25.1. The second-order valence-electron chi connectivity index (χ2n) is 7.53. The van der Waals surface area contributed by atoms with Gasteiger partial charge < -0.3 is 14.2 Å². The molecule has 0 saturated heterocycles. The van der Waals surface area contributed by atoms with Crippen molar-refractivity contribution in [3.63, 3.8) is 0 Å². The van der Waals surface area contributed by atoms with Crippen molar-refractivity contribution in [2.24, 2.45) is 5.41 Å². The van der Waals surface area contributed by atoms with Gasteiger partial charge in [0, 0.05) is 0 Å². The summed E-state index contributed by atoms with van der Waals surface area (Å²) in [5.74, 6) is -0.939. The first-order valence-electron chi connectivity index (χ1n) is 10.6. The van der Waals surface area contributed by atoms with Crippen LogP contribution < -0.4 is 0 Å². The van der Waals surface area contributed by atoms with Crippen LogP contribution in [0.4, 0.5) is 0 Å². The number of esters is 2. The van der Waals surface area contributed by atoms with Crippen LogP contribution in [0.1, 0.15) is 33.5 Å². The quantitative estimate of drug-likeness (QED) is 0.247. The molecule has 1 atom stereocenters. The SMILES string of the molecule is C=CCOC(=O)C(CCc1ccc(C(=O)OC)cc1)(Cc1ccc(C#N)cc1)C(=S)OCC=C. The van der Waals surface area contributed by atoms with Crippen molar-refractivity contribution in [2.45, 2.75) is 19.3 Å². The molecule has 0 N–H and O–H groups in total. The lowest BCUT2D eigenvalue weighted by molar-refractivity contribution is -0.151. The van der Waals surface area contributed by atoms with Crippen molar-refractivity contribution in [2.75, 3.05) is 20.3 Å². The Hall–Kier alpha value is -3.76. The van der Waals surface area contributed by atoms with Gasteiger partial charge in [-0.05, 0) is 66.9 Å². The average Bonchev–Trinajstić information content (AvgIpc) is 2.88. The molecular formula is C27H27NO5S. The van der Waals surface area contributed by atoms with Crippen LogP contribution in [0, 0.1) is 16.7 Å². The van der Waals surface area contributed by atoms with Crippen molar-refractivity contribution in [1.29, 1.82) is 5.26 Å². The van der Waals surface area contributed by atoms with Gasteiger partial charge in [-0.25, -0.2) is 4.79 Å². The fourth-order valence-electron chi connectivity index (χ4n) is 3.39. The summed E-state index contributed by atoms with van der Waals surface area (Å²) >= 11 is 5.60. The van der Waals surface area contributed by atoms with Gasteiger partial charge in [-0.1, -0.05) is 49.6 Å². The molecule has 7 heteroatoms. The molecule has 0 bridgehead atoms. The molecule has 0 aromatic heterocycles. The number of aryl methyl sites for hydroxylation is 1. The summed E-state index contributed by atoms with van der Waals surface area (Å²) in [6.07, 6.45) is 4.04. The van der Waals surface area contributed by atoms with Crippen molar-refractivity contribution in [3.05, 3.63) is 96.1 Å². The first-order chi connectivity index (χ1) is 16.4. The summed E-state index contributed by atoms with van der Waals surface area (Å²) in [5, 5.41) is 9.21. The number of carbonyl (C=O) groups is 2. The van der Waals surface area contributed by atoms with Gasteiger partial charge in [0.15, 0.2) is 5.05 Å². The molecule has 2 aromatic carbocycles. The van der Waals surface area contributed by atoms with Gasteiger partial charge in [0.05, 0.1) is 24.3 Å². The summed E-state index contributed by atoms with van der Waals surface area (Å²) in [7, 11) is 1.33. The number of thiocarbonyl (C=S) groups is 1. The normalized spacial score (nSPS) is 11.9. The minimum Gasteiger partial charge on any atom is -0.482 e. The molecule has 2 aromatic rings. The number of hydrogen-bond acceptors (Lipinski definition) is 7. The van der Waals surface area contributed by atoms with Gasteiger partial charge >= 0.3 is 11.9 Å². The molecule has 0 radical (unpaired) electrons. The number of carbonyl (C=O) groups excluding carboxylic acids is 2. The van der Waals surface area contributed by atoms with Crippen molar-refractivity contribution < 1.29 is 23.8 Å². The molecule has 2 rings (SSSR count). The van der Waals surface area contributed by atoms with E-state index in [9.17, 15) is 9.59 Å². The number of nitriles is 1. The van der Waals surface area contributed by atoms with E-state index >= 15 is 0 Å². The van der Waals surface area contributed by atoms with Crippen LogP contribution in [-0.2, 0) is 31.8 Å². The van der Waals surface area contributed by atoms with Gasteiger partial charge in [-0.3, -0.25) is 4.79 Å². The van der Waals surface area contributed by atoms with Gasteiger partial charge in [-0.2, -0.15) is 5.26 Å². The van der Waals surface area contributed by atoms with Crippen LogP contribution >= 0.6 is 12.2 Å². The van der Waals surface area contributed by atoms with Crippen LogP contribution in [0.5, 0.6) is 0 Å². The molecule has 0 spiro atoms. The van der Waals surface area contributed by atoms with Crippen LogP contribution in [0.2, 0.25) is 0 Å². The average molecular weight is 478 g/mol. The molecule has 176 valence electrons. The highest BCUT2D eigenvalue weighted by atomic mass is 32.1. The lowest BCUT2D eigenvalue weighted by Crippen LogP contribution is -2.43. The Kier molecular flexibility index (Phi) is 10.2. The van der Waals surface area contributed by atoms with Gasteiger partial charge in [0.1, 0.15) is 18.6 Å². The highest BCUT2D eigenvalue weighted by Gasteiger charge is 2.45. The predicted octanol–water partition coefficient (Wildman–Crippen LogP) is 4.77. The maximum atomic E-state index is 13.4. The minimum atomic E-state index is -1.27. The predicted molar refractivity (Wildman–Crippen MR) is 133 cm³/mol. The van der Waals surface area contributed by atoms with E-state index in [0.29, 0.717) is 24.0 Å². The zero-order valence-corrected chi connectivity index (χ0v) is 19.9. The molecule has 0 aliphatic carbocycles. The van der Waals surface area contributed by atoms with Gasteiger partial charge in [-0.15, -0.1) is 0 Å². The summed E-state index contributed by atoms with van der Waals surface area (Å²) in [5.41, 5.74) is 1.39. The van der Waals surface area contributed by atoms with E-state index in [1.165, 1.54) is 13.2 Å². The third-order valence-corrected chi connectivity index (χ3v) is 5.76. The topological polar surface area (TPSA) is 85.6 Å². The lowest BCUT2D eigenvalue weighted by atomic mass is 9.77. The Morgan fingerprint density at radius 2 is 1.59 bits per heavy atom. The smallest absolute Gasteiger partial charge is 0.337 e. The maximum Gasteiger partial charge on any atom is 0.337 e. The number of hydrogen-bond donors (Lipinski definition) is 0. The maximum absolute atomic E-state index is 13.4. The van der Waals surface area contributed by atoms with Crippen molar-refractivity contribution >= 4 is 29.2 Å². The van der Waals surface area contributed by atoms with Gasteiger partial charge in [0.2, 0.25) is 0 Å². The zero-order valence-electron chi connectivity index (χ0n) is 19.1. The molecule has 0 fully saturated rings. The standard InChI is InChI=1S/C27H27NO5S/c1-4-16-32-25(30)27(26(34)33-17-5-2,18-21-6-8-22(19-28)9-7-21)15-14-20-10-12-23(13-11-20)24(29)31-3/h4-13H,1-2,14-18H2,3H3. The highest BCUT2D eigenvalue weighted by molar-refractivity contribution is 7.80. The number of benzene rings is 2. The molecule has 1 unspecified atom stereocenters. The first-order valence-corrected chi connectivity index (χ1v) is 11.0. The van der Waals surface area contributed by atoms with E-state index in [4.69, 9.17) is 31.7 Å². The third-order valence-electron chi connectivity index (χ3n) is 5.25. The van der Waals surface area contributed by atoms with Crippen molar-refractivity contribution in [3.8, 4) is 6.07 Å². The second kappa shape index (κ2) is 13.1. The minimum absolute atomic E-state index is 0.0336. The summed E-state index contributed by atoms with van der Waals surface area (Å²) in [6, 6.07) is 16.0. The van der Waals surface area contributed by atoms with E-state index in [1.54, 1.807) is 54.6 Å². The molecule has 0 amide bonds. The lowest BCUT2D eigenvalue weighted by Gasteiger charge is -2.32. The number of ether oxygens (including phenoxy) is 3. The summed E-state index contributed by atoms with van der Waals surface area (Å²) in [6.45, 7) is 7.45. The zero-order chi connectivity index (χ0) is 25.0. The molecular weight excluding hydrogens is 450 g/mol. The van der Waals surface area contributed by atoms with E-state index in [0.717, 1.165) is 11.1 Å². The summed E-state index contributed by atoms with van der Waals surface area (Å²) < 4.78 is 15.9. The molecule has 34 heavy (non-hydrogen) atoms. The van der Waals surface area contributed by atoms with Crippen molar-refractivity contribution in [1.82, 2.24) is 0 Å². The van der Waals surface area contributed by atoms with E-state index in [1.807, 2.05) is 0 Å². The Labute approximate surface area is 205 Å². The van der Waals surface area contributed by atoms with Crippen LogP contribution in [0.15, 0.2) is 73.8 Å². The number of methoxy groups -OCH3 is 1. The monoisotopic (exact) mass is 477 g/mol. The Morgan fingerprint density at radius 1 is 1.00 bits per heavy atom. The number of rotatable bonds is 12. The van der Waals surface area contributed by atoms with Crippen LogP contribution in [-0.4, -0.2) is 37.3 Å². The molecule has 0 aliphatic heterocycles. The Morgan fingerprint density at radius 3 is 2.15 bits per heavy atom. The Bertz CT molecular complexity index is 1040. The van der Waals surface area contributed by atoms with Crippen LogP contribution in [0.25, 0.3) is 0 Å². The number of nitrogens with zero attached hydrogens (tertiary/aromatic N) is 1. The second-order valence-corrected chi connectivity index (χ2v) is 7.90. The fraction of sp³-hybridized carbons (Fsp3) is 0.259. The molecule has 0 heterocycles. The van der Waals surface area contributed by atoms with E-state index in [-0.39, 0.29) is 24.7 Å². The first kappa shape index (κ1) is 26.5. The highest BCUT2D eigenvalue weighted by Crippen LogP contribution is 2.34. The molecule has 6 nitrogen and oxygen atoms in total. The van der Waals surface area contributed by atoms with Crippen LogP contribution in [0.3, 0.4) is 0 Å². The Balaban J connectivity index is 2.41. The van der Waals surface area contributed by atoms with E-state index in [2.05, 4.69) is 19.2 Å². The largest absolute Gasteiger partial charge is 0.482 e. The third kappa shape index (κ3) is 6.87. The molecule has 0 aliphatic rings. The molecule has 0 saturated carbocycles. The van der Waals surface area contributed by atoms with E-state index < -0.39 is 17.4 Å². The fourth-order valence-corrected chi connectivity index (χ4v) is 3.72. The van der Waals surface area contributed by atoms with Gasteiger partial charge in [0.25, 0.3) is 0 Å².